The van der Waals surface area contributed by atoms with E-state index in [1.54, 1.807) is 0 Å². The van der Waals surface area contributed by atoms with Gasteiger partial charge in [0.25, 0.3) is 0 Å². The predicted octanol–water partition coefficient (Wildman–Crippen LogP) is 4.27. The van der Waals surface area contributed by atoms with Gasteiger partial charge in [-0.05, 0) is 49.1 Å². The zero-order valence-electron chi connectivity index (χ0n) is 11.7. The summed E-state index contributed by atoms with van der Waals surface area (Å²) in [5.74, 6) is 0.963. The highest BCUT2D eigenvalue weighted by Crippen LogP contribution is 2.36. The Hall–Kier alpha value is -1.08. The van der Waals surface area contributed by atoms with Gasteiger partial charge in [0.1, 0.15) is 0 Å². The number of benzene rings is 1. The van der Waals surface area contributed by atoms with Gasteiger partial charge >= 0.3 is 0 Å². The van der Waals surface area contributed by atoms with Crippen LogP contribution in [0.3, 0.4) is 0 Å². The van der Waals surface area contributed by atoms with Gasteiger partial charge < -0.3 is 5.11 Å². The molecule has 0 saturated carbocycles. The van der Waals surface area contributed by atoms with Crippen molar-refractivity contribution in [3.8, 4) is 0 Å². The summed E-state index contributed by atoms with van der Waals surface area (Å²) < 4.78 is 0. The highest BCUT2D eigenvalue weighted by molar-refractivity contribution is 5.26. The van der Waals surface area contributed by atoms with Crippen LogP contribution < -0.4 is 0 Å². The third-order valence-corrected chi connectivity index (χ3v) is 3.98. The molecule has 1 nitrogen and oxygen atoms in total. The van der Waals surface area contributed by atoms with Gasteiger partial charge in [0.15, 0.2) is 0 Å². The van der Waals surface area contributed by atoms with Gasteiger partial charge in [-0.2, -0.15) is 0 Å². The molecule has 1 aliphatic rings. The van der Waals surface area contributed by atoms with Crippen molar-refractivity contribution in [3.63, 3.8) is 0 Å². The van der Waals surface area contributed by atoms with Gasteiger partial charge in [-0.15, -0.1) is 0 Å². The van der Waals surface area contributed by atoms with E-state index in [0.717, 1.165) is 24.8 Å². The molecule has 0 aromatic heterocycles. The van der Waals surface area contributed by atoms with Crippen LogP contribution in [0.5, 0.6) is 0 Å². The Bertz CT molecular complexity index is 433. The molecule has 0 amide bonds. The van der Waals surface area contributed by atoms with Gasteiger partial charge in [-0.25, -0.2) is 0 Å². The zero-order valence-corrected chi connectivity index (χ0v) is 11.7. The molecule has 0 fully saturated rings. The van der Waals surface area contributed by atoms with E-state index in [1.807, 2.05) is 0 Å². The third kappa shape index (κ3) is 3.02. The monoisotopic (exact) mass is 244 g/mol. The molecule has 0 spiro atoms. The standard InChI is InChI=1S/C17H24O/c1-4-14-6-5-7-15(11-14)17(18)16-9-12(2)8-13(3)10-16/h5-8,11-12,16-18H,4,9-10H2,1-3H3. The molecule has 0 aliphatic heterocycles. The average molecular weight is 244 g/mol. The third-order valence-electron chi connectivity index (χ3n) is 3.98. The molecular weight excluding hydrogens is 220 g/mol. The first kappa shape index (κ1) is 13.4. The van der Waals surface area contributed by atoms with Crippen LogP contribution in [0.1, 0.15) is 50.8 Å². The molecule has 98 valence electrons. The van der Waals surface area contributed by atoms with E-state index in [4.69, 9.17) is 0 Å². The van der Waals surface area contributed by atoms with Gasteiger partial charge in [-0.1, -0.05) is 49.8 Å². The number of hydrogen-bond donors (Lipinski definition) is 1. The smallest absolute Gasteiger partial charge is 0.0821 e. The summed E-state index contributed by atoms with van der Waals surface area (Å²) in [6.07, 6.45) is 5.17. The Kier molecular flexibility index (Phi) is 4.23. The molecule has 2 rings (SSSR count). The molecule has 0 heterocycles. The lowest BCUT2D eigenvalue weighted by Gasteiger charge is -2.29. The van der Waals surface area contributed by atoms with Crippen LogP contribution in [0, 0.1) is 11.8 Å². The summed E-state index contributed by atoms with van der Waals surface area (Å²) in [4.78, 5) is 0. The molecule has 1 aromatic carbocycles. The molecule has 1 aliphatic carbocycles. The van der Waals surface area contributed by atoms with Crippen molar-refractivity contribution < 1.29 is 5.11 Å². The first-order chi connectivity index (χ1) is 8.60. The first-order valence-corrected chi connectivity index (χ1v) is 7.04. The van der Waals surface area contributed by atoms with E-state index < -0.39 is 0 Å². The summed E-state index contributed by atoms with van der Waals surface area (Å²) >= 11 is 0. The van der Waals surface area contributed by atoms with Gasteiger partial charge in [0.2, 0.25) is 0 Å². The minimum absolute atomic E-state index is 0.317. The lowest BCUT2D eigenvalue weighted by atomic mass is 9.78. The number of aliphatic hydroxyl groups is 1. The van der Waals surface area contributed by atoms with Crippen LogP contribution in [-0.4, -0.2) is 5.11 Å². The molecule has 1 aromatic rings. The molecule has 1 heteroatoms. The Balaban J connectivity index is 2.15. The van der Waals surface area contributed by atoms with Crippen molar-refractivity contribution in [2.24, 2.45) is 11.8 Å². The average Bonchev–Trinajstić information content (AvgIpc) is 2.37. The predicted molar refractivity (Wildman–Crippen MR) is 76.4 cm³/mol. The molecular formula is C17H24O. The van der Waals surface area contributed by atoms with E-state index in [0.29, 0.717) is 11.8 Å². The second kappa shape index (κ2) is 5.71. The normalized spacial score (nSPS) is 25.7. The zero-order chi connectivity index (χ0) is 13.1. The van der Waals surface area contributed by atoms with Crippen molar-refractivity contribution in [1.29, 1.82) is 0 Å². The maximum atomic E-state index is 10.6. The summed E-state index contributed by atoms with van der Waals surface area (Å²) in [6, 6.07) is 8.41. The van der Waals surface area contributed by atoms with Crippen LogP contribution in [-0.2, 0) is 6.42 Å². The Morgan fingerprint density at radius 2 is 2.17 bits per heavy atom. The van der Waals surface area contributed by atoms with Gasteiger partial charge in [0.05, 0.1) is 6.10 Å². The largest absolute Gasteiger partial charge is 0.388 e. The molecule has 3 atom stereocenters. The number of aliphatic hydroxyl groups excluding tert-OH is 1. The van der Waals surface area contributed by atoms with Crippen LogP contribution in [0.2, 0.25) is 0 Å². The topological polar surface area (TPSA) is 20.2 Å². The number of allylic oxidation sites excluding steroid dienone is 2. The quantitative estimate of drug-likeness (QED) is 0.787. The lowest BCUT2D eigenvalue weighted by Crippen LogP contribution is -2.19. The van der Waals surface area contributed by atoms with E-state index >= 15 is 0 Å². The second-order valence-corrected chi connectivity index (χ2v) is 5.73. The van der Waals surface area contributed by atoms with Crippen molar-refractivity contribution >= 4 is 0 Å². The summed E-state index contributed by atoms with van der Waals surface area (Å²) in [5, 5.41) is 10.6. The van der Waals surface area contributed by atoms with E-state index in [2.05, 4.69) is 51.1 Å². The number of hydrogen-bond acceptors (Lipinski definition) is 1. The maximum absolute atomic E-state index is 10.6. The second-order valence-electron chi connectivity index (χ2n) is 5.73. The highest BCUT2D eigenvalue weighted by atomic mass is 16.3. The fraction of sp³-hybridized carbons (Fsp3) is 0.529. The van der Waals surface area contributed by atoms with Crippen LogP contribution >= 0.6 is 0 Å². The van der Waals surface area contributed by atoms with E-state index in [1.165, 1.54) is 11.1 Å². The SMILES string of the molecule is CCc1cccc(C(O)C2CC(C)=CC(C)C2)c1. The molecule has 1 N–H and O–H groups in total. The number of aryl methyl sites for hydroxylation is 1. The van der Waals surface area contributed by atoms with Crippen molar-refractivity contribution in [3.05, 3.63) is 47.0 Å². The van der Waals surface area contributed by atoms with Crippen LogP contribution in [0.15, 0.2) is 35.9 Å². The molecule has 18 heavy (non-hydrogen) atoms. The highest BCUT2D eigenvalue weighted by Gasteiger charge is 2.25. The van der Waals surface area contributed by atoms with Crippen molar-refractivity contribution in [2.75, 3.05) is 0 Å². The van der Waals surface area contributed by atoms with Crippen LogP contribution in [0.4, 0.5) is 0 Å². The minimum Gasteiger partial charge on any atom is -0.388 e. The molecule has 0 bridgehead atoms. The molecule has 3 unspecified atom stereocenters. The Morgan fingerprint density at radius 1 is 1.39 bits per heavy atom. The summed E-state index contributed by atoms with van der Waals surface area (Å²) in [5.41, 5.74) is 3.81. The summed E-state index contributed by atoms with van der Waals surface area (Å²) in [7, 11) is 0. The van der Waals surface area contributed by atoms with Gasteiger partial charge in [-0.3, -0.25) is 0 Å². The Morgan fingerprint density at radius 3 is 2.83 bits per heavy atom. The van der Waals surface area contributed by atoms with Crippen molar-refractivity contribution in [1.82, 2.24) is 0 Å². The molecule has 0 radical (unpaired) electrons. The maximum Gasteiger partial charge on any atom is 0.0821 e. The van der Waals surface area contributed by atoms with Crippen molar-refractivity contribution in [2.45, 2.75) is 46.1 Å². The fourth-order valence-corrected chi connectivity index (χ4v) is 3.11. The van der Waals surface area contributed by atoms with Crippen LogP contribution in [0.25, 0.3) is 0 Å². The summed E-state index contributed by atoms with van der Waals surface area (Å²) in [6.45, 7) is 6.57. The fourth-order valence-electron chi connectivity index (χ4n) is 3.11. The first-order valence-electron chi connectivity index (χ1n) is 7.04. The lowest BCUT2D eigenvalue weighted by molar-refractivity contribution is 0.0932. The minimum atomic E-state index is -0.317. The molecule has 0 saturated heterocycles. The van der Waals surface area contributed by atoms with E-state index in [9.17, 15) is 5.11 Å². The van der Waals surface area contributed by atoms with Gasteiger partial charge in [0, 0.05) is 0 Å². The number of rotatable bonds is 3. The van der Waals surface area contributed by atoms with E-state index in [-0.39, 0.29) is 6.10 Å². The Labute approximate surface area is 111 Å².